The van der Waals surface area contributed by atoms with Crippen LogP contribution in [0.25, 0.3) is 10.8 Å². The molecule has 0 spiro atoms. The summed E-state index contributed by atoms with van der Waals surface area (Å²) >= 11 is 0. The van der Waals surface area contributed by atoms with Crippen LogP contribution in [0.2, 0.25) is 0 Å². The molecule has 0 radical (unpaired) electrons. The maximum Gasteiger partial charge on any atom is 0.573 e. The predicted molar refractivity (Wildman–Crippen MR) is 141 cm³/mol. The summed E-state index contributed by atoms with van der Waals surface area (Å²) in [6.45, 7) is 1.90. The minimum Gasteiger partial charge on any atom is -0.406 e. The number of ether oxygens (including phenoxy) is 1. The molecule has 1 nitrogen and oxygen atoms in total. The molecular formula is C32H28F6O. The van der Waals surface area contributed by atoms with Gasteiger partial charge in [0.15, 0.2) is 0 Å². The summed E-state index contributed by atoms with van der Waals surface area (Å²) in [5.41, 5.74) is 2.75. The van der Waals surface area contributed by atoms with Crippen molar-refractivity contribution in [2.75, 3.05) is 0 Å². The molecule has 0 unspecified atom stereocenters. The highest BCUT2D eigenvalue weighted by atomic mass is 19.4. The number of alkyl halides is 3. The number of halogens is 6. The monoisotopic (exact) mass is 542 g/mol. The van der Waals surface area contributed by atoms with Gasteiger partial charge in [-0.1, -0.05) is 54.6 Å². The van der Waals surface area contributed by atoms with Gasteiger partial charge in [-0.15, -0.1) is 13.2 Å². The fourth-order valence-corrected chi connectivity index (χ4v) is 4.60. The molecule has 4 rings (SSSR count). The fraction of sp³-hybridized carbons (Fsp3) is 0.250. The van der Waals surface area contributed by atoms with Crippen molar-refractivity contribution in [2.24, 2.45) is 0 Å². The average Bonchev–Trinajstić information content (AvgIpc) is 2.88. The smallest absolute Gasteiger partial charge is 0.406 e. The van der Waals surface area contributed by atoms with Crippen LogP contribution in [-0.2, 0) is 32.1 Å². The second-order valence-corrected chi connectivity index (χ2v) is 9.43. The lowest BCUT2D eigenvalue weighted by molar-refractivity contribution is -0.274. The molecule has 4 aromatic carbocycles. The van der Waals surface area contributed by atoms with E-state index >= 15 is 4.39 Å². The Bertz CT molecular complexity index is 1430. The Morgan fingerprint density at radius 2 is 1.36 bits per heavy atom. The van der Waals surface area contributed by atoms with Crippen molar-refractivity contribution in [3.8, 4) is 5.75 Å². The van der Waals surface area contributed by atoms with Crippen molar-refractivity contribution in [1.82, 2.24) is 0 Å². The van der Waals surface area contributed by atoms with Crippen molar-refractivity contribution in [3.63, 3.8) is 0 Å². The first kappa shape index (κ1) is 28.3. The minimum atomic E-state index is -4.75. The Balaban J connectivity index is 1.40. The quantitative estimate of drug-likeness (QED) is 0.143. The number of rotatable bonds is 10. The van der Waals surface area contributed by atoms with Gasteiger partial charge in [0.1, 0.15) is 23.2 Å². The predicted octanol–water partition coefficient (Wildman–Crippen LogP) is 9.23. The molecule has 0 saturated heterocycles. The highest BCUT2D eigenvalue weighted by Crippen LogP contribution is 2.26. The summed E-state index contributed by atoms with van der Waals surface area (Å²) in [6.07, 6.45) is 1.79. The molecule has 0 aliphatic carbocycles. The largest absolute Gasteiger partial charge is 0.573 e. The van der Waals surface area contributed by atoms with Gasteiger partial charge in [0.2, 0.25) is 0 Å². The molecule has 0 aromatic heterocycles. The van der Waals surface area contributed by atoms with Crippen LogP contribution >= 0.6 is 0 Å². The molecule has 0 fully saturated rings. The summed E-state index contributed by atoms with van der Waals surface area (Å²) in [4.78, 5) is 0. The number of benzene rings is 4. The maximum absolute atomic E-state index is 15.2. The van der Waals surface area contributed by atoms with E-state index in [2.05, 4.69) is 4.74 Å². The van der Waals surface area contributed by atoms with Crippen molar-refractivity contribution >= 4 is 10.8 Å². The van der Waals surface area contributed by atoms with Crippen LogP contribution in [-0.4, -0.2) is 6.36 Å². The number of allylic oxidation sites excluding steroid dienone is 2. The summed E-state index contributed by atoms with van der Waals surface area (Å²) in [5.74, 6) is -1.77. The highest BCUT2D eigenvalue weighted by Gasteiger charge is 2.30. The third-order valence-corrected chi connectivity index (χ3v) is 6.64. The number of aryl methyl sites for hydroxylation is 4. The van der Waals surface area contributed by atoms with Crippen molar-refractivity contribution in [2.45, 2.75) is 51.8 Å². The second-order valence-electron chi connectivity index (χ2n) is 9.43. The fourth-order valence-electron chi connectivity index (χ4n) is 4.60. The number of hydrogen-bond acceptors (Lipinski definition) is 1. The first-order chi connectivity index (χ1) is 18.6. The van der Waals surface area contributed by atoms with Gasteiger partial charge in [0, 0.05) is 10.9 Å². The zero-order valence-corrected chi connectivity index (χ0v) is 21.4. The van der Waals surface area contributed by atoms with Crippen LogP contribution in [0.15, 0.2) is 78.9 Å². The highest BCUT2D eigenvalue weighted by molar-refractivity contribution is 5.84. The first-order valence-electron chi connectivity index (χ1n) is 12.8. The van der Waals surface area contributed by atoms with E-state index in [-0.39, 0.29) is 23.6 Å². The van der Waals surface area contributed by atoms with Crippen molar-refractivity contribution in [1.29, 1.82) is 0 Å². The summed E-state index contributed by atoms with van der Waals surface area (Å²) < 4.78 is 85.2. The molecule has 4 aromatic rings. The maximum atomic E-state index is 15.2. The summed E-state index contributed by atoms with van der Waals surface area (Å²) in [7, 11) is 0. The van der Waals surface area contributed by atoms with E-state index in [0.717, 1.165) is 17.5 Å². The molecule has 39 heavy (non-hydrogen) atoms. The van der Waals surface area contributed by atoms with E-state index in [4.69, 9.17) is 0 Å². The standard InChI is InChI=1S/C32H28F6O/c1-2-3-4-5-23-19-29(33)28(30(34)20-23)17-10-22-9-16-27-25(18-22)13-12-24(31(27)35)11-6-21-7-14-26(15-8-21)39-32(36,37)38/h2-3,7-9,12-16,18-20H,4-6,10-11,17H2,1H3/b3-2+. The lowest BCUT2D eigenvalue weighted by Crippen LogP contribution is -2.17. The van der Waals surface area contributed by atoms with Gasteiger partial charge in [-0.3, -0.25) is 0 Å². The third-order valence-electron chi connectivity index (χ3n) is 6.64. The number of hydrogen-bond donors (Lipinski definition) is 0. The molecule has 0 saturated carbocycles. The van der Waals surface area contributed by atoms with E-state index in [1.54, 1.807) is 24.3 Å². The Kier molecular flexibility index (Phi) is 9.00. The minimum absolute atomic E-state index is 0.0458. The second kappa shape index (κ2) is 12.4. The molecule has 0 amide bonds. The van der Waals surface area contributed by atoms with E-state index in [1.165, 1.54) is 36.4 Å². The van der Waals surface area contributed by atoms with Gasteiger partial charge in [-0.05, 0) is 97.4 Å². The molecule has 0 atom stereocenters. The van der Waals surface area contributed by atoms with Gasteiger partial charge in [-0.25, -0.2) is 13.2 Å². The van der Waals surface area contributed by atoms with E-state index < -0.39 is 18.0 Å². The van der Waals surface area contributed by atoms with Crippen molar-refractivity contribution in [3.05, 3.63) is 124 Å². The van der Waals surface area contributed by atoms with Gasteiger partial charge in [0.05, 0.1) is 0 Å². The van der Waals surface area contributed by atoms with Crippen LogP contribution < -0.4 is 4.74 Å². The van der Waals surface area contributed by atoms with Crippen LogP contribution in [0.1, 0.15) is 41.2 Å². The molecule has 0 heterocycles. The Labute approximate surface area is 223 Å². The lowest BCUT2D eigenvalue weighted by atomic mass is 9.96. The lowest BCUT2D eigenvalue weighted by Gasteiger charge is -2.11. The molecule has 0 aliphatic rings. The van der Waals surface area contributed by atoms with Gasteiger partial charge >= 0.3 is 6.36 Å². The first-order valence-corrected chi connectivity index (χ1v) is 12.8. The van der Waals surface area contributed by atoms with Gasteiger partial charge in [0.25, 0.3) is 0 Å². The Hall–Kier alpha value is -3.74. The normalized spacial score (nSPS) is 12.0. The zero-order valence-electron chi connectivity index (χ0n) is 21.4. The molecule has 0 N–H and O–H groups in total. The third kappa shape index (κ3) is 7.65. The molecule has 204 valence electrons. The Morgan fingerprint density at radius 1 is 0.692 bits per heavy atom. The van der Waals surface area contributed by atoms with Crippen molar-refractivity contribution < 1.29 is 31.1 Å². The van der Waals surface area contributed by atoms with Gasteiger partial charge < -0.3 is 4.74 Å². The van der Waals surface area contributed by atoms with Crippen LogP contribution in [0.5, 0.6) is 5.75 Å². The summed E-state index contributed by atoms with van der Waals surface area (Å²) in [5, 5.41) is 1.12. The van der Waals surface area contributed by atoms with E-state index in [1.807, 2.05) is 25.1 Å². The zero-order chi connectivity index (χ0) is 28.0. The van der Waals surface area contributed by atoms with Crippen LogP contribution in [0.4, 0.5) is 26.3 Å². The SMILES string of the molecule is C/C=C/CCc1cc(F)c(CCc2ccc3c(F)c(CCc4ccc(OC(F)(F)F)cc4)ccc3c2)c(F)c1. The molecule has 7 heteroatoms. The average molecular weight is 543 g/mol. The van der Waals surface area contributed by atoms with E-state index in [0.29, 0.717) is 47.6 Å². The van der Waals surface area contributed by atoms with Crippen LogP contribution in [0.3, 0.4) is 0 Å². The molecule has 0 aliphatic heterocycles. The number of fused-ring (bicyclic) bond motifs is 1. The van der Waals surface area contributed by atoms with E-state index in [9.17, 15) is 22.0 Å². The topological polar surface area (TPSA) is 9.23 Å². The summed E-state index contributed by atoms with van der Waals surface area (Å²) in [6, 6.07) is 17.0. The molecular weight excluding hydrogens is 514 g/mol. The Morgan fingerprint density at radius 3 is 2.03 bits per heavy atom. The molecule has 0 bridgehead atoms. The van der Waals surface area contributed by atoms with Gasteiger partial charge in [-0.2, -0.15) is 0 Å². The van der Waals surface area contributed by atoms with Crippen LogP contribution in [0, 0.1) is 17.5 Å².